The summed E-state index contributed by atoms with van der Waals surface area (Å²) < 4.78 is 24.9. The molecule has 2 aromatic heterocycles. The van der Waals surface area contributed by atoms with Gasteiger partial charge >= 0.3 is 0 Å². The molecule has 0 aliphatic heterocycles. The van der Waals surface area contributed by atoms with Crippen LogP contribution < -0.4 is 4.74 Å². The summed E-state index contributed by atoms with van der Waals surface area (Å²) in [6.07, 6.45) is 1.37. The fourth-order valence-electron chi connectivity index (χ4n) is 3.13. The van der Waals surface area contributed by atoms with Crippen molar-refractivity contribution in [3.05, 3.63) is 66.7 Å². The minimum Gasteiger partial charge on any atom is -0.494 e. The Labute approximate surface area is 168 Å². The first-order chi connectivity index (χ1) is 14.2. The Hall–Kier alpha value is -3.52. The maximum Gasteiger partial charge on any atom is 0.283 e. The van der Waals surface area contributed by atoms with Crippen molar-refractivity contribution in [2.45, 2.75) is 10.2 Å². The SMILES string of the molecule is COc1cc2c(Sc3nnc(-c4cccc5ccccc45)o3)ncnc2cc1F. The second-order valence-electron chi connectivity index (χ2n) is 6.18. The van der Waals surface area contributed by atoms with Gasteiger partial charge in [-0.05, 0) is 34.7 Å². The highest BCUT2D eigenvalue weighted by Crippen LogP contribution is 2.35. The third kappa shape index (κ3) is 3.17. The molecule has 0 radical (unpaired) electrons. The third-order valence-electron chi connectivity index (χ3n) is 4.48. The van der Waals surface area contributed by atoms with Gasteiger partial charge in [-0.3, -0.25) is 0 Å². The van der Waals surface area contributed by atoms with Crippen LogP contribution in [-0.2, 0) is 0 Å². The van der Waals surface area contributed by atoms with Gasteiger partial charge in [-0.1, -0.05) is 36.4 Å². The molecule has 0 unspecified atom stereocenters. The van der Waals surface area contributed by atoms with Crippen LogP contribution in [0.2, 0.25) is 0 Å². The van der Waals surface area contributed by atoms with Gasteiger partial charge < -0.3 is 9.15 Å². The fourth-order valence-corrected chi connectivity index (χ4v) is 3.87. The molecule has 0 saturated carbocycles. The molecule has 2 heterocycles. The maximum atomic E-state index is 14.0. The molecule has 29 heavy (non-hydrogen) atoms. The van der Waals surface area contributed by atoms with Gasteiger partial charge in [-0.2, -0.15) is 0 Å². The lowest BCUT2D eigenvalue weighted by atomic mass is 10.0. The zero-order valence-corrected chi connectivity index (χ0v) is 16.0. The van der Waals surface area contributed by atoms with Gasteiger partial charge in [-0.25, -0.2) is 14.4 Å². The van der Waals surface area contributed by atoms with Crippen molar-refractivity contribution < 1.29 is 13.5 Å². The number of nitrogens with zero attached hydrogens (tertiary/aromatic N) is 4. The Balaban J connectivity index is 1.54. The Morgan fingerprint density at radius 2 is 1.83 bits per heavy atom. The fraction of sp³-hybridized carbons (Fsp3) is 0.0476. The van der Waals surface area contributed by atoms with Crippen LogP contribution in [0.1, 0.15) is 0 Å². The molecule has 5 aromatic rings. The number of benzene rings is 3. The van der Waals surface area contributed by atoms with E-state index in [9.17, 15) is 4.39 Å². The number of rotatable bonds is 4. The molecule has 0 spiro atoms. The Morgan fingerprint density at radius 3 is 2.72 bits per heavy atom. The van der Waals surface area contributed by atoms with Crippen LogP contribution in [0.15, 0.2) is 75.6 Å². The second kappa shape index (κ2) is 7.14. The Bertz CT molecular complexity index is 1350. The second-order valence-corrected chi connectivity index (χ2v) is 7.12. The van der Waals surface area contributed by atoms with Gasteiger partial charge in [0.25, 0.3) is 5.22 Å². The molecule has 0 atom stereocenters. The highest BCUT2D eigenvalue weighted by atomic mass is 32.2. The highest BCUT2D eigenvalue weighted by molar-refractivity contribution is 7.99. The van der Waals surface area contributed by atoms with Crippen molar-refractivity contribution >= 4 is 33.4 Å². The van der Waals surface area contributed by atoms with Crippen molar-refractivity contribution in [2.75, 3.05) is 7.11 Å². The molecule has 0 fully saturated rings. The lowest BCUT2D eigenvalue weighted by molar-refractivity contribution is 0.387. The van der Waals surface area contributed by atoms with E-state index in [4.69, 9.17) is 9.15 Å². The lowest BCUT2D eigenvalue weighted by Gasteiger charge is -2.06. The van der Waals surface area contributed by atoms with E-state index in [1.165, 1.54) is 31.3 Å². The molecule has 0 N–H and O–H groups in total. The van der Waals surface area contributed by atoms with Crippen LogP contribution >= 0.6 is 11.8 Å². The van der Waals surface area contributed by atoms with E-state index < -0.39 is 5.82 Å². The average Bonchev–Trinajstić information content (AvgIpc) is 3.21. The van der Waals surface area contributed by atoms with Crippen molar-refractivity contribution in [3.63, 3.8) is 0 Å². The van der Waals surface area contributed by atoms with Gasteiger partial charge in [0.1, 0.15) is 11.4 Å². The van der Waals surface area contributed by atoms with Crippen LogP contribution in [0.4, 0.5) is 4.39 Å². The predicted octanol–water partition coefficient (Wildman–Crippen LogP) is 5.13. The number of fused-ring (bicyclic) bond motifs is 2. The van der Waals surface area contributed by atoms with Crippen LogP contribution in [0, 0.1) is 5.82 Å². The maximum absolute atomic E-state index is 14.0. The van der Waals surface area contributed by atoms with E-state index in [2.05, 4.69) is 20.2 Å². The Kier molecular flexibility index (Phi) is 4.33. The molecule has 0 bridgehead atoms. The highest BCUT2D eigenvalue weighted by Gasteiger charge is 2.16. The summed E-state index contributed by atoms with van der Waals surface area (Å²) in [4.78, 5) is 8.41. The zero-order chi connectivity index (χ0) is 19.8. The summed E-state index contributed by atoms with van der Waals surface area (Å²) in [6, 6.07) is 16.8. The standard InChI is InChI=1S/C21H13FN4O2S/c1-27-18-9-15-17(10-16(18)22)23-11-24-20(15)29-21-26-25-19(28-21)14-8-4-6-12-5-2-3-7-13(12)14/h2-11H,1H3. The summed E-state index contributed by atoms with van der Waals surface area (Å²) in [5.74, 6) is 0.0630. The van der Waals surface area contributed by atoms with E-state index >= 15 is 0 Å². The van der Waals surface area contributed by atoms with Crippen LogP contribution in [0.25, 0.3) is 33.1 Å². The normalized spacial score (nSPS) is 11.2. The van der Waals surface area contributed by atoms with E-state index in [-0.39, 0.29) is 5.75 Å². The van der Waals surface area contributed by atoms with E-state index in [1.807, 2.05) is 42.5 Å². The quantitative estimate of drug-likeness (QED) is 0.384. The smallest absolute Gasteiger partial charge is 0.283 e. The number of aromatic nitrogens is 4. The third-order valence-corrected chi connectivity index (χ3v) is 5.34. The summed E-state index contributed by atoms with van der Waals surface area (Å²) >= 11 is 1.19. The van der Waals surface area contributed by atoms with Crippen molar-refractivity contribution in [3.8, 4) is 17.2 Å². The van der Waals surface area contributed by atoms with E-state index in [0.717, 1.165) is 16.3 Å². The van der Waals surface area contributed by atoms with Crippen molar-refractivity contribution in [2.24, 2.45) is 0 Å². The van der Waals surface area contributed by atoms with Gasteiger partial charge in [0.15, 0.2) is 11.6 Å². The Morgan fingerprint density at radius 1 is 0.966 bits per heavy atom. The first-order valence-electron chi connectivity index (χ1n) is 8.70. The van der Waals surface area contributed by atoms with Gasteiger partial charge in [0.2, 0.25) is 5.89 Å². The summed E-state index contributed by atoms with van der Waals surface area (Å²) in [6.45, 7) is 0. The number of ether oxygens (including phenoxy) is 1. The van der Waals surface area contributed by atoms with Gasteiger partial charge in [0.05, 0.1) is 12.6 Å². The minimum atomic E-state index is -0.481. The molecule has 0 aliphatic carbocycles. The lowest BCUT2D eigenvalue weighted by Crippen LogP contribution is -1.92. The van der Waals surface area contributed by atoms with E-state index in [0.29, 0.717) is 27.0 Å². The van der Waals surface area contributed by atoms with E-state index in [1.54, 1.807) is 6.07 Å². The first kappa shape index (κ1) is 17.6. The number of hydrogen-bond donors (Lipinski definition) is 0. The first-order valence-corrected chi connectivity index (χ1v) is 9.52. The topological polar surface area (TPSA) is 73.9 Å². The molecule has 3 aromatic carbocycles. The molecule has 142 valence electrons. The molecule has 0 saturated heterocycles. The minimum absolute atomic E-state index is 0.121. The number of halogens is 1. The van der Waals surface area contributed by atoms with Gasteiger partial charge in [-0.15, -0.1) is 10.2 Å². The summed E-state index contributed by atoms with van der Waals surface area (Å²) in [5.41, 5.74) is 1.33. The monoisotopic (exact) mass is 404 g/mol. The number of methoxy groups -OCH3 is 1. The number of hydrogen-bond acceptors (Lipinski definition) is 7. The molecule has 5 rings (SSSR count). The zero-order valence-electron chi connectivity index (χ0n) is 15.2. The van der Waals surface area contributed by atoms with Gasteiger partial charge in [0, 0.05) is 17.0 Å². The van der Waals surface area contributed by atoms with Crippen molar-refractivity contribution in [1.82, 2.24) is 20.2 Å². The summed E-state index contributed by atoms with van der Waals surface area (Å²) in [5, 5.41) is 12.0. The molecular formula is C21H13FN4O2S. The predicted molar refractivity (Wildman–Crippen MR) is 107 cm³/mol. The summed E-state index contributed by atoms with van der Waals surface area (Å²) in [7, 11) is 1.41. The molecule has 0 aliphatic rings. The molecule has 0 amide bonds. The average molecular weight is 404 g/mol. The molecule has 8 heteroatoms. The van der Waals surface area contributed by atoms with Crippen LogP contribution in [0.3, 0.4) is 0 Å². The van der Waals surface area contributed by atoms with Crippen molar-refractivity contribution in [1.29, 1.82) is 0 Å². The molecule has 6 nitrogen and oxygen atoms in total. The molecular weight excluding hydrogens is 391 g/mol. The van der Waals surface area contributed by atoms with Crippen LogP contribution in [0.5, 0.6) is 5.75 Å². The largest absolute Gasteiger partial charge is 0.494 e. The van der Waals surface area contributed by atoms with Crippen LogP contribution in [-0.4, -0.2) is 27.3 Å².